The molecule has 0 atom stereocenters. The average Bonchev–Trinajstić information content (AvgIpc) is 2.35. The van der Waals surface area contributed by atoms with Gasteiger partial charge < -0.3 is 10.1 Å². The van der Waals surface area contributed by atoms with E-state index in [9.17, 15) is 0 Å². The number of nitrogens with one attached hydrogen (secondary N) is 1. The smallest absolute Gasteiger partial charge is 0.174 e. The minimum atomic E-state index is 0.228. The van der Waals surface area contributed by atoms with Gasteiger partial charge in [0.05, 0.1) is 7.11 Å². The Balaban J connectivity index is 2.86. The third-order valence-corrected chi connectivity index (χ3v) is 2.23. The fourth-order valence-electron chi connectivity index (χ4n) is 1.44. The molecule has 0 heterocycles. The Bertz CT molecular complexity index is 476. The standard InChI is InChI=1S/C16H22N2O/c1-12(2)17-16(18-13(3)4)11-8-14-6-9-15(19-5)10-7-14/h6-7,9-10,12-13H,1-5H3,(H,17,18). The van der Waals surface area contributed by atoms with Crippen LogP contribution < -0.4 is 10.1 Å². The molecule has 1 N–H and O–H groups in total. The van der Waals surface area contributed by atoms with Crippen molar-refractivity contribution < 1.29 is 4.74 Å². The molecule has 0 aliphatic carbocycles. The van der Waals surface area contributed by atoms with Crippen molar-refractivity contribution in [2.45, 2.75) is 39.8 Å². The monoisotopic (exact) mass is 258 g/mol. The van der Waals surface area contributed by atoms with Gasteiger partial charge in [-0.15, -0.1) is 0 Å². The summed E-state index contributed by atoms with van der Waals surface area (Å²) in [5, 5.41) is 3.26. The van der Waals surface area contributed by atoms with Crippen LogP contribution in [0.25, 0.3) is 0 Å². The summed E-state index contributed by atoms with van der Waals surface area (Å²) < 4.78 is 5.12. The van der Waals surface area contributed by atoms with Crippen molar-refractivity contribution >= 4 is 5.84 Å². The van der Waals surface area contributed by atoms with Crippen molar-refractivity contribution in [2.75, 3.05) is 7.11 Å². The Hall–Kier alpha value is -1.95. The van der Waals surface area contributed by atoms with E-state index in [4.69, 9.17) is 4.74 Å². The first-order chi connectivity index (χ1) is 9.01. The third kappa shape index (κ3) is 5.96. The number of amidine groups is 1. The van der Waals surface area contributed by atoms with Crippen LogP contribution in [0.4, 0.5) is 0 Å². The van der Waals surface area contributed by atoms with E-state index in [0.29, 0.717) is 6.04 Å². The summed E-state index contributed by atoms with van der Waals surface area (Å²) >= 11 is 0. The largest absolute Gasteiger partial charge is 0.497 e. The molecule has 0 unspecified atom stereocenters. The van der Waals surface area contributed by atoms with Gasteiger partial charge in [-0.25, -0.2) is 0 Å². The highest BCUT2D eigenvalue weighted by atomic mass is 16.5. The molecular weight excluding hydrogens is 236 g/mol. The number of methoxy groups -OCH3 is 1. The molecule has 0 bridgehead atoms. The molecule has 0 aliphatic heterocycles. The lowest BCUT2D eigenvalue weighted by Crippen LogP contribution is -2.30. The Morgan fingerprint density at radius 3 is 2.26 bits per heavy atom. The molecule has 0 saturated heterocycles. The van der Waals surface area contributed by atoms with E-state index in [1.165, 1.54) is 0 Å². The van der Waals surface area contributed by atoms with Crippen molar-refractivity contribution in [3.8, 4) is 17.6 Å². The lowest BCUT2D eigenvalue weighted by atomic mass is 10.2. The minimum absolute atomic E-state index is 0.228. The number of rotatable bonds is 3. The zero-order chi connectivity index (χ0) is 14.3. The van der Waals surface area contributed by atoms with Gasteiger partial charge >= 0.3 is 0 Å². The lowest BCUT2D eigenvalue weighted by Gasteiger charge is -2.09. The van der Waals surface area contributed by atoms with Crippen molar-refractivity contribution in [2.24, 2.45) is 4.99 Å². The number of aliphatic imine (C=N–C) groups is 1. The molecule has 1 aromatic rings. The van der Waals surface area contributed by atoms with Gasteiger partial charge in [0, 0.05) is 17.6 Å². The van der Waals surface area contributed by atoms with Crippen LogP contribution in [0.3, 0.4) is 0 Å². The Morgan fingerprint density at radius 2 is 1.79 bits per heavy atom. The molecule has 3 nitrogen and oxygen atoms in total. The zero-order valence-corrected chi connectivity index (χ0v) is 12.3. The molecule has 0 aliphatic rings. The fraction of sp³-hybridized carbons (Fsp3) is 0.438. The number of nitrogens with zero attached hydrogens (tertiary/aromatic N) is 1. The molecule has 1 rings (SSSR count). The van der Waals surface area contributed by atoms with E-state index in [1.54, 1.807) is 7.11 Å². The Kier molecular flexibility index (Phi) is 5.95. The van der Waals surface area contributed by atoms with E-state index < -0.39 is 0 Å². The van der Waals surface area contributed by atoms with Crippen molar-refractivity contribution in [1.82, 2.24) is 5.32 Å². The van der Waals surface area contributed by atoms with Crippen LogP contribution >= 0.6 is 0 Å². The molecule has 0 fully saturated rings. The molecule has 0 spiro atoms. The summed E-state index contributed by atoms with van der Waals surface area (Å²) in [5.74, 6) is 7.76. The summed E-state index contributed by atoms with van der Waals surface area (Å²) in [7, 11) is 1.65. The fourth-order valence-corrected chi connectivity index (χ4v) is 1.44. The Morgan fingerprint density at radius 1 is 1.16 bits per heavy atom. The number of benzene rings is 1. The minimum Gasteiger partial charge on any atom is -0.497 e. The van der Waals surface area contributed by atoms with Crippen LogP contribution in [0, 0.1) is 11.8 Å². The van der Waals surface area contributed by atoms with Crippen LogP contribution in [-0.4, -0.2) is 25.0 Å². The quantitative estimate of drug-likeness (QED) is 0.514. The predicted molar refractivity (Wildman–Crippen MR) is 80.7 cm³/mol. The predicted octanol–water partition coefficient (Wildman–Crippen LogP) is 2.85. The van der Waals surface area contributed by atoms with Crippen molar-refractivity contribution in [3.05, 3.63) is 29.8 Å². The van der Waals surface area contributed by atoms with Gasteiger partial charge in [0.15, 0.2) is 5.84 Å². The van der Waals surface area contributed by atoms with Crippen LogP contribution in [0.5, 0.6) is 5.75 Å². The normalized spacial score (nSPS) is 11.2. The van der Waals surface area contributed by atoms with Gasteiger partial charge in [0.2, 0.25) is 0 Å². The molecule has 0 aromatic heterocycles. The molecular formula is C16H22N2O. The maximum atomic E-state index is 5.12. The van der Waals surface area contributed by atoms with Crippen LogP contribution in [-0.2, 0) is 0 Å². The SMILES string of the molecule is COc1ccc(C#CC(=NC(C)C)NC(C)C)cc1. The van der Waals surface area contributed by atoms with E-state index in [0.717, 1.165) is 17.1 Å². The van der Waals surface area contributed by atoms with Crippen LogP contribution in [0.2, 0.25) is 0 Å². The molecule has 0 radical (unpaired) electrons. The van der Waals surface area contributed by atoms with E-state index >= 15 is 0 Å². The second kappa shape index (κ2) is 7.48. The highest BCUT2D eigenvalue weighted by Crippen LogP contribution is 2.10. The van der Waals surface area contributed by atoms with E-state index in [-0.39, 0.29) is 6.04 Å². The number of ether oxygens (including phenoxy) is 1. The van der Waals surface area contributed by atoms with Crippen LogP contribution in [0.15, 0.2) is 29.3 Å². The first-order valence-corrected chi connectivity index (χ1v) is 6.51. The van der Waals surface area contributed by atoms with E-state index in [1.807, 2.05) is 38.1 Å². The first kappa shape index (κ1) is 15.1. The van der Waals surface area contributed by atoms with Crippen LogP contribution in [0.1, 0.15) is 33.3 Å². The first-order valence-electron chi connectivity index (χ1n) is 6.51. The molecule has 19 heavy (non-hydrogen) atoms. The molecule has 1 aromatic carbocycles. The molecule has 102 valence electrons. The van der Waals surface area contributed by atoms with Gasteiger partial charge in [-0.2, -0.15) is 0 Å². The summed E-state index contributed by atoms with van der Waals surface area (Å²) in [6.07, 6.45) is 0. The highest BCUT2D eigenvalue weighted by molar-refractivity contribution is 5.99. The summed E-state index contributed by atoms with van der Waals surface area (Å²) in [4.78, 5) is 4.47. The van der Waals surface area contributed by atoms with Gasteiger partial charge in [0.1, 0.15) is 5.75 Å². The van der Waals surface area contributed by atoms with Gasteiger partial charge in [-0.3, -0.25) is 4.99 Å². The van der Waals surface area contributed by atoms with Gasteiger partial charge in [-0.1, -0.05) is 5.92 Å². The molecule has 0 saturated carbocycles. The molecule has 3 heteroatoms. The second-order valence-corrected chi connectivity index (χ2v) is 4.85. The van der Waals surface area contributed by atoms with Crippen molar-refractivity contribution in [1.29, 1.82) is 0 Å². The summed E-state index contributed by atoms with van der Waals surface area (Å²) in [6.45, 7) is 8.23. The number of hydrogen-bond donors (Lipinski definition) is 1. The number of hydrogen-bond acceptors (Lipinski definition) is 2. The summed E-state index contributed by atoms with van der Waals surface area (Å²) in [6, 6.07) is 8.23. The molecule has 0 amide bonds. The average molecular weight is 258 g/mol. The second-order valence-electron chi connectivity index (χ2n) is 4.85. The third-order valence-electron chi connectivity index (χ3n) is 2.23. The van der Waals surface area contributed by atoms with Gasteiger partial charge in [-0.05, 0) is 57.9 Å². The topological polar surface area (TPSA) is 33.6 Å². The maximum absolute atomic E-state index is 5.12. The zero-order valence-electron chi connectivity index (χ0n) is 12.3. The van der Waals surface area contributed by atoms with E-state index in [2.05, 4.69) is 36.0 Å². The van der Waals surface area contributed by atoms with Crippen molar-refractivity contribution in [3.63, 3.8) is 0 Å². The maximum Gasteiger partial charge on any atom is 0.174 e. The Labute approximate surface area is 116 Å². The lowest BCUT2D eigenvalue weighted by molar-refractivity contribution is 0.415. The van der Waals surface area contributed by atoms with Gasteiger partial charge in [0.25, 0.3) is 0 Å². The highest BCUT2D eigenvalue weighted by Gasteiger charge is 1.99. The summed E-state index contributed by atoms with van der Waals surface area (Å²) in [5.41, 5.74) is 0.947.